The molecule has 54 heavy (non-hydrogen) atoms. The average Bonchev–Trinajstić information content (AvgIpc) is 3.82. The number of phenolic OH excluding ortho intramolecular Hbond substituents is 1. The maximum absolute atomic E-state index is 15.2. The van der Waals surface area contributed by atoms with Crippen LogP contribution in [0.5, 0.6) is 11.5 Å². The highest BCUT2D eigenvalue weighted by Gasteiger charge is 2.68. The van der Waals surface area contributed by atoms with Gasteiger partial charge in [-0.1, -0.05) is 40.9 Å². The first-order chi connectivity index (χ1) is 25.8. The van der Waals surface area contributed by atoms with E-state index >= 15 is 4.79 Å². The van der Waals surface area contributed by atoms with Crippen LogP contribution in [0.4, 0.5) is 11.5 Å². The maximum atomic E-state index is 15.2. The summed E-state index contributed by atoms with van der Waals surface area (Å²) in [5.74, 6) is -4.74. The van der Waals surface area contributed by atoms with E-state index in [9.17, 15) is 19.5 Å². The largest absolute Gasteiger partial charge is 0.508 e. The summed E-state index contributed by atoms with van der Waals surface area (Å²) in [7, 11) is 3.19. The van der Waals surface area contributed by atoms with Crippen LogP contribution in [0.3, 0.4) is 0 Å². The molecule has 6 atom stereocenters. The number of halogens is 2. The van der Waals surface area contributed by atoms with Crippen LogP contribution >= 0.6 is 34.5 Å². The number of rotatable bonds is 5. The quantitative estimate of drug-likeness (QED) is 0.141. The predicted molar refractivity (Wildman–Crippen MR) is 207 cm³/mol. The molecular weight excluding hydrogens is 747 g/mol. The molecule has 274 valence electrons. The Bertz CT molecular complexity index is 2510. The number of carbonyl (C=O) groups excluding carboxylic acids is 4. The van der Waals surface area contributed by atoms with Crippen LogP contribution in [0.15, 0.2) is 78.4 Å². The average molecular weight is 782 g/mol. The molecule has 6 unspecified atom stereocenters. The zero-order valence-corrected chi connectivity index (χ0v) is 32.0. The number of phenols is 1. The van der Waals surface area contributed by atoms with Gasteiger partial charge in [-0.3, -0.25) is 28.8 Å². The molecule has 2 aliphatic carbocycles. The zero-order valence-electron chi connectivity index (χ0n) is 29.7. The van der Waals surface area contributed by atoms with Gasteiger partial charge in [0.1, 0.15) is 23.0 Å². The van der Waals surface area contributed by atoms with E-state index in [1.54, 1.807) is 72.5 Å². The van der Waals surface area contributed by atoms with Crippen molar-refractivity contribution in [2.45, 2.75) is 32.6 Å². The second kappa shape index (κ2) is 12.3. The Hall–Kier alpha value is -4.97. The number of aromatic hydroxyl groups is 1. The molecule has 2 saturated heterocycles. The van der Waals surface area contributed by atoms with Crippen LogP contribution in [-0.2, 0) is 26.2 Å². The Labute approximate surface area is 324 Å². The predicted octanol–water partition coefficient (Wildman–Crippen LogP) is 8.07. The van der Waals surface area contributed by atoms with Gasteiger partial charge in [-0.2, -0.15) is 5.10 Å². The first kappa shape index (κ1) is 34.8. The molecule has 0 spiro atoms. The first-order valence-electron chi connectivity index (χ1n) is 17.7. The van der Waals surface area contributed by atoms with Crippen molar-refractivity contribution in [1.29, 1.82) is 0 Å². The number of hydrogen-bond acceptors (Lipinski definition) is 8. The summed E-state index contributed by atoms with van der Waals surface area (Å²) in [4.78, 5) is 61.8. The second-order valence-electron chi connectivity index (χ2n) is 14.8. The van der Waals surface area contributed by atoms with Crippen molar-refractivity contribution >= 4 is 79.8 Å². The van der Waals surface area contributed by atoms with Gasteiger partial charge in [-0.15, -0.1) is 11.3 Å². The van der Waals surface area contributed by atoms with Crippen LogP contribution in [0.2, 0.25) is 10.0 Å². The molecule has 0 bridgehead atoms. The number of hydrogen-bond donors (Lipinski definition) is 1. The highest BCUT2D eigenvalue weighted by atomic mass is 35.5. The maximum Gasteiger partial charge on any atom is 0.242 e. The number of amides is 4. The number of imide groups is 2. The van der Waals surface area contributed by atoms with Crippen LogP contribution in [-0.4, -0.2) is 45.6 Å². The molecule has 13 heteroatoms. The minimum absolute atomic E-state index is 0.0959. The number of anilines is 2. The summed E-state index contributed by atoms with van der Waals surface area (Å²) < 4.78 is 8.37. The fourth-order valence-corrected chi connectivity index (χ4v) is 11.0. The molecule has 4 aliphatic rings. The standard InChI is InChI=1S/C41H34Cl2N4O6S/c1-19-25-16-21(43)10-15-31(25)54-36(19)28-18-32(45(3)44-28)47-38(50)27-17-26-23(35(41(27,2)40(47)52)34-29(48)6-5-7-30(34)53-4)13-14-24-33(26)39(51)46(37(24)49)22-11-8-20(42)9-12-22/h5-13,15-16,18,24,26-27,33,35,48H,14,17H2,1-4H3. The number of carbonyl (C=O) groups is 4. The third-order valence-electron chi connectivity index (χ3n) is 12.1. The van der Waals surface area contributed by atoms with Crippen LogP contribution < -0.4 is 14.5 Å². The van der Waals surface area contributed by atoms with E-state index in [1.165, 1.54) is 23.0 Å². The molecule has 1 N–H and O–H groups in total. The molecule has 3 aromatic carbocycles. The highest BCUT2D eigenvalue weighted by Crippen LogP contribution is 2.65. The summed E-state index contributed by atoms with van der Waals surface area (Å²) in [5.41, 5.74) is 1.73. The van der Waals surface area contributed by atoms with Crippen molar-refractivity contribution in [1.82, 2.24) is 9.78 Å². The number of ether oxygens (including phenoxy) is 1. The van der Waals surface area contributed by atoms with Gasteiger partial charge in [0.25, 0.3) is 0 Å². The summed E-state index contributed by atoms with van der Waals surface area (Å²) in [6, 6.07) is 18.9. The molecule has 2 aromatic heterocycles. The number of fused-ring (bicyclic) bond motifs is 5. The minimum atomic E-state index is -1.39. The topological polar surface area (TPSA) is 122 Å². The number of methoxy groups -OCH3 is 1. The monoisotopic (exact) mass is 780 g/mol. The summed E-state index contributed by atoms with van der Waals surface area (Å²) in [5, 5.41) is 18.4. The number of aromatic nitrogens is 2. The summed E-state index contributed by atoms with van der Waals surface area (Å²) in [6.07, 6.45) is 2.36. The van der Waals surface area contributed by atoms with Gasteiger partial charge in [-0.05, 0) is 98.2 Å². The summed E-state index contributed by atoms with van der Waals surface area (Å²) in [6.45, 7) is 3.77. The van der Waals surface area contributed by atoms with Gasteiger partial charge in [0.05, 0.1) is 40.8 Å². The number of allylic oxidation sites excluding steroid dienone is 2. The Morgan fingerprint density at radius 1 is 0.926 bits per heavy atom. The van der Waals surface area contributed by atoms with Crippen molar-refractivity contribution in [3.8, 4) is 22.1 Å². The van der Waals surface area contributed by atoms with Crippen LogP contribution in [0.1, 0.15) is 36.8 Å². The lowest BCUT2D eigenvalue weighted by Gasteiger charge is -2.49. The van der Waals surface area contributed by atoms with Gasteiger partial charge in [0.15, 0.2) is 0 Å². The van der Waals surface area contributed by atoms with Crippen molar-refractivity contribution in [2.24, 2.45) is 36.1 Å². The van der Waals surface area contributed by atoms with Gasteiger partial charge in [0, 0.05) is 39.3 Å². The molecule has 4 heterocycles. The fourth-order valence-electron chi connectivity index (χ4n) is 9.60. The molecule has 0 radical (unpaired) electrons. The Morgan fingerprint density at radius 3 is 2.41 bits per heavy atom. The normalized spacial score (nSPS) is 26.3. The fraction of sp³-hybridized carbons (Fsp3) is 0.293. The van der Waals surface area contributed by atoms with E-state index < -0.39 is 46.8 Å². The molecule has 2 aliphatic heterocycles. The number of aryl methyl sites for hydroxylation is 2. The number of thiophene rings is 1. The number of benzene rings is 3. The van der Waals surface area contributed by atoms with Crippen LogP contribution in [0.25, 0.3) is 20.7 Å². The Morgan fingerprint density at radius 2 is 1.67 bits per heavy atom. The lowest BCUT2D eigenvalue weighted by atomic mass is 9.51. The third-order valence-corrected chi connectivity index (χ3v) is 13.9. The van der Waals surface area contributed by atoms with Gasteiger partial charge in [0.2, 0.25) is 23.6 Å². The van der Waals surface area contributed by atoms with E-state index in [4.69, 9.17) is 33.0 Å². The van der Waals surface area contributed by atoms with E-state index in [0.29, 0.717) is 38.6 Å². The SMILES string of the molecule is COc1cccc(O)c1C1C2=CCC3C(=O)N(c4ccc(Cl)cc4)C(=O)C3C2CC2C(=O)N(c3cc(-c4sc5ccc(Cl)cc5c4C)nn3C)C(=O)C21C. The molecule has 3 fully saturated rings. The summed E-state index contributed by atoms with van der Waals surface area (Å²) >= 11 is 14.0. The zero-order chi connectivity index (χ0) is 38.0. The van der Waals surface area contributed by atoms with Gasteiger partial charge in [-0.25, -0.2) is 4.90 Å². The molecule has 5 aromatic rings. The van der Waals surface area contributed by atoms with Crippen molar-refractivity contribution in [3.05, 3.63) is 99.6 Å². The van der Waals surface area contributed by atoms with Crippen LogP contribution in [0, 0.1) is 36.0 Å². The highest BCUT2D eigenvalue weighted by molar-refractivity contribution is 7.22. The first-order valence-corrected chi connectivity index (χ1v) is 19.2. The second-order valence-corrected chi connectivity index (χ2v) is 16.7. The van der Waals surface area contributed by atoms with Crippen molar-refractivity contribution in [2.75, 3.05) is 16.9 Å². The lowest BCUT2D eigenvalue weighted by Crippen LogP contribution is -2.49. The van der Waals surface area contributed by atoms with Crippen molar-refractivity contribution in [3.63, 3.8) is 0 Å². The molecule has 1 saturated carbocycles. The van der Waals surface area contributed by atoms with E-state index in [2.05, 4.69) is 0 Å². The molecule has 10 nitrogen and oxygen atoms in total. The third kappa shape index (κ3) is 4.74. The van der Waals surface area contributed by atoms with E-state index in [0.717, 1.165) is 26.1 Å². The van der Waals surface area contributed by atoms with Gasteiger partial charge >= 0.3 is 0 Å². The molecular formula is C41H34Cl2N4O6S. The number of nitrogens with zero attached hydrogens (tertiary/aromatic N) is 4. The van der Waals surface area contributed by atoms with Gasteiger partial charge < -0.3 is 9.84 Å². The smallest absolute Gasteiger partial charge is 0.242 e. The van der Waals surface area contributed by atoms with E-state index in [-0.39, 0.29) is 30.4 Å². The molecule has 9 rings (SSSR count). The van der Waals surface area contributed by atoms with E-state index in [1.807, 2.05) is 31.2 Å². The van der Waals surface area contributed by atoms with Crippen molar-refractivity contribution < 1.29 is 29.0 Å². The lowest BCUT2D eigenvalue weighted by molar-refractivity contribution is -0.131. The molecule has 4 amide bonds. The Kier molecular flexibility index (Phi) is 7.91. The Balaban J connectivity index is 1.17. The minimum Gasteiger partial charge on any atom is -0.508 e.